The van der Waals surface area contributed by atoms with Gasteiger partial charge in [-0.1, -0.05) is 0 Å². The third kappa shape index (κ3) is 5.26. The summed E-state index contributed by atoms with van der Waals surface area (Å²) in [4.78, 5) is 20.8. The minimum Gasteiger partial charge on any atom is -0.424 e. The largest absolute Gasteiger partial charge is 0.424 e. The zero-order chi connectivity index (χ0) is 23.8. The Bertz CT molecular complexity index is 1050. The number of nitrogen functional groups attached to an aromatic ring is 1. The lowest BCUT2D eigenvalue weighted by atomic mass is 10.0. The standard InChI is InChI=1S/C24H31FN4O4/c1-15-23(33-16(2)30)19-14-32-24(3,4)31-13-18(19)21(27-15)12-28-7-9-29(10-8-28)22-6-5-17(26)11-20(22)25/h5-6,11H,7-10,12-14,26H2,1-4H3. The summed E-state index contributed by atoms with van der Waals surface area (Å²) < 4.78 is 31.7. The molecule has 33 heavy (non-hydrogen) atoms. The third-order valence-electron chi connectivity index (χ3n) is 6.05. The van der Waals surface area contributed by atoms with E-state index in [4.69, 9.17) is 24.9 Å². The highest BCUT2D eigenvalue weighted by Crippen LogP contribution is 2.35. The van der Waals surface area contributed by atoms with E-state index in [1.807, 2.05) is 25.7 Å². The van der Waals surface area contributed by atoms with Crippen molar-refractivity contribution in [3.05, 3.63) is 46.5 Å². The van der Waals surface area contributed by atoms with Gasteiger partial charge in [0.15, 0.2) is 11.5 Å². The van der Waals surface area contributed by atoms with Crippen LogP contribution in [-0.4, -0.2) is 47.8 Å². The maximum absolute atomic E-state index is 14.3. The first kappa shape index (κ1) is 23.4. The van der Waals surface area contributed by atoms with Crippen LogP contribution < -0.4 is 15.4 Å². The molecule has 2 aromatic rings. The molecule has 0 radical (unpaired) electrons. The van der Waals surface area contributed by atoms with Gasteiger partial charge in [-0.2, -0.15) is 0 Å². The van der Waals surface area contributed by atoms with E-state index in [1.54, 1.807) is 12.1 Å². The Labute approximate surface area is 193 Å². The number of esters is 1. The quantitative estimate of drug-likeness (QED) is 0.552. The van der Waals surface area contributed by atoms with Crippen LogP contribution in [0.3, 0.4) is 0 Å². The van der Waals surface area contributed by atoms with Crippen molar-refractivity contribution in [2.75, 3.05) is 36.8 Å². The van der Waals surface area contributed by atoms with Crippen LogP contribution in [0, 0.1) is 12.7 Å². The SMILES string of the molecule is CC(=O)Oc1c(C)nc(CN2CCN(c3ccc(N)cc3F)CC2)c2c1COC(C)(C)OC2. The molecule has 0 spiro atoms. The van der Waals surface area contributed by atoms with Crippen LogP contribution in [0.2, 0.25) is 0 Å². The van der Waals surface area contributed by atoms with Gasteiger partial charge in [0, 0.05) is 56.5 Å². The maximum atomic E-state index is 14.3. The van der Waals surface area contributed by atoms with Gasteiger partial charge in [-0.05, 0) is 39.0 Å². The summed E-state index contributed by atoms with van der Waals surface area (Å²) in [7, 11) is 0. The van der Waals surface area contributed by atoms with Gasteiger partial charge < -0.3 is 24.8 Å². The Balaban J connectivity index is 1.54. The van der Waals surface area contributed by atoms with Crippen LogP contribution in [0.4, 0.5) is 15.8 Å². The van der Waals surface area contributed by atoms with E-state index in [1.165, 1.54) is 13.0 Å². The van der Waals surface area contributed by atoms with Crippen LogP contribution >= 0.6 is 0 Å². The second kappa shape index (κ2) is 9.24. The maximum Gasteiger partial charge on any atom is 0.308 e. The Morgan fingerprint density at radius 2 is 1.85 bits per heavy atom. The number of pyridine rings is 1. The number of anilines is 2. The van der Waals surface area contributed by atoms with Crippen molar-refractivity contribution >= 4 is 17.3 Å². The topological polar surface area (TPSA) is 90.2 Å². The molecule has 0 atom stereocenters. The van der Waals surface area contributed by atoms with E-state index in [-0.39, 0.29) is 12.4 Å². The second-order valence-corrected chi connectivity index (χ2v) is 8.98. The fourth-order valence-electron chi connectivity index (χ4n) is 4.26. The second-order valence-electron chi connectivity index (χ2n) is 8.98. The fourth-order valence-corrected chi connectivity index (χ4v) is 4.26. The molecule has 8 nitrogen and oxygen atoms in total. The number of hydrogen-bond donors (Lipinski definition) is 1. The van der Waals surface area contributed by atoms with Crippen LogP contribution in [0.25, 0.3) is 0 Å². The van der Waals surface area contributed by atoms with Gasteiger partial charge in [-0.15, -0.1) is 0 Å². The van der Waals surface area contributed by atoms with Gasteiger partial charge >= 0.3 is 5.97 Å². The van der Waals surface area contributed by atoms with Crippen LogP contribution in [0.1, 0.15) is 43.3 Å². The average molecular weight is 459 g/mol. The number of fused-ring (bicyclic) bond motifs is 1. The first-order valence-electron chi connectivity index (χ1n) is 11.1. The molecule has 0 aliphatic carbocycles. The summed E-state index contributed by atoms with van der Waals surface area (Å²) in [6.45, 7) is 11.0. The number of aromatic nitrogens is 1. The van der Waals surface area contributed by atoms with Gasteiger partial charge in [-0.25, -0.2) is 4.39 Å². The van der Waals surface area contributed by atoms with Crippen LogP contribution in [-0.2, 0) is 34.0 Å². The van der Waals surface area contributed by atoms with E-state index < -0.39 is 11.8 Å². The minimum atomic E-state index is -0.757. The number of carbonyl (C=O) groups is 1. The molecule has 1 fully saturated rings. The summed E-state index contributed by atoms with van der Waals surface area (Å²) in [5.74, 6) is -1.00. The first-order chi connectivity index (χ1) is 15.6. The minimum absolute atomic E-state index is 0.269. The molecule has 2 aliphatic heterocycles. The van der Waals surface area contributed by atoms with E-state index in [0.29, 0.717) is 49.1 Å². The molecule has 1 aromatic carbocycles. The number of benzene rings is 1. The van der Waals surface area contributed by atoms with Gasteiger partial charge in [0.05, 0.1) is 30.3 Å². The third-order valence-corrected chi connectivity index (χ3v) is 6.05. The number of ether oxygens (including phenoxy) is 3. The zero-order valence-corrected chi connectivity index (χ0v) is 19.6. The molecule has 3 heterocycles. The van der Waals surface area contributed by atoms with Gasteiger partial charge in [-0.3, -0.25) is 14.7 Å². The summed E-state index contributed by atoms with van der Waals surface area (Å²) >= 11 is 0. The van der Waals surface area contributed by atoms with Crippen molar-refractivity contribution in [2.45, 2.75) is 53.2 Å². The first-order valence-corrected chi connectivity index (χ1v) is 11.1. The van der Waals surface area contributed by atoms with E-state index in [0.717, 1.165) is 29.9 Å². The fraction of sp³-hybridized carbons (Fsp3) is 0.500. The zero-order valence-electron chi connectivity index (χ0n) is 19.6. The van der Waals surface area contributed by atoms with Crippen molar-refractivity contribution in [2.24, 2.45) is 0 Å². The molecule has 0 saturated carbocycles. The number of hydrogen-bond acceptors (Lipinski definition) is 8. The van der Waals surface area contributed by atoms with Crippen LogP contribution in [0.15, 0.2) is 18.2 Å². The molecule has 4 rings (SSSR count). The smallest absolute Gasteiger partial charge is 0.308 e. The molecular weight excluding hydrogens is 427 g/mol. The molecule has 1 aromatic heterocycles. The van der Waals surface area contributed by atoms with Crippen molar-refractivity contribution in [3.63, 3.8) is 0 Å². The Morgan fingerprint density at radius 3 is 2.48 bits per heavy atom. The van der Waals surface area contributed by atoms with Crippen LogP contribution in [0.5, 0.6) is 5.75 Å². The molecule has 2 aliphatic rings. The lowest BCUT2D eigenvalue weighted by molar-refractivity contribution is -0.219. The Hall–Kier alpha value is -2.75. The lowest BCUT2D eigenvalue weighted by Gasteiger charge is -2.36. The highest BCUT2D eigenvalue weighted by molar-refractivity contribution is 5.70. The Morgan fingerprint density at radius 1 is 1.18 bits per heavy atom. The highest BCUT2D eigenvalue weighted by atomic mass is 19.1. The molecule has 0 unspecified atom stereocenters. The number of piperazine rings is 1. The van der Waals surface area contributed by atoms with Gasteiger partial charge in [0.25, 0.3) is 0 Å². The Kier molecular flexibility index (Phi) is 6.56. The molecule has 1 saturated heterocycles. The number of carbonyl (C=O) groups excluding carboxylic acids is 1. The summed E-state index contributed by atoms with van der Waals surface area (Å²) in [6, 6.07) is 4.82. The lowest BCUT2D eigenvalue weighted by Crippen LogP contribution is -2.46. The summed E-state index contributed by atoms with van der Waals surface area (Å²) in [6.07, 6.45) is 0. The molecule has 0 bridgehead atoms. The van der Waals surface area contributed by atoms with E-state index in [9.17, 15) is 9.18 Å². The molecule has 178 valence electrons. The molecule has 0 amide bonds. The average Bonchev–Trinajstić information content (AvgIpc) is 2.90. The predicted molar refractivity (Wildman–Crippen MR) is 122 cm³/mol. The number of aryl methyl sites for hydroxylation is 1. The number of nitrogens with zero attached hydrogens (tertiary/aromatic N) is 3. The molecule has 9 heteroatoms. The van der Waals surface area contributed by atoms with Crippen molar-refractivity contribution < 1.29 is 23.4 Å². The number of rotatable bonds is 4. The molecule has 2 N–H and O–H groups in total. The van der Waals surface area contributed by atoms with E-state index in [2.05, 4.69) is 4.90 Å². The normalized spacial score (nSPS) is 18.5. The summed E-state index contributed by atoms with van der Waals surface area (Å²) in [5.41, 5.74) is 9.90. The highest BCUT2D eigenvalue weighted by Gasteiger charge is 2.30. The van der Waals surface area contributed by atoms with Gasteiger partial charge in [0.2, 0.25) is 0 Å². The predicted octanol–water partition coefficient (Wildman–Crippen LogP) is 3.14. The van der Waals surface area contributed by atoms with Crippen molar-refractivity contribution in [3.8, 4) is 5.75 Å². The summed E-state index contributed by atoms with van der Waals surface area (Å²) in [5, 5.41) is 0. The molecular formula is C24H31FN4O4. The monoisotopic (exact) mass is 458 g/mol. The van der Waals surface area contributed by atoms with Crippen molar-refractivity contribution in [1.29, 1.82) is 0 Å². The van der Waals surface area contributed by atoms with Crippen molar-refractivity contribution in [1.82, 2.24) is 9.88 Å². The number of nitrogens with two attached hydrogens (primary N) is 1. The van der Waals surface area contributed by atoms with E-state index >= 15 is 0 Å². The van der Waals surface area contributed by atoms with Gasteiger partial charge in [0.1, 0.15) is 5.82 Å². The number of halogens is 1.